The van der Waals surface area contributed by atoms with E-state index in [1.54, 1.807) is 43.8 Å². The Morgan fingerprint density at radius 2 is 2.06 bits per heavy atom. The molecule has 0 atom stereocenters. The van der Waals surface area contributed by atoms with Gasteiger partial charge in [-0.1, -0.05) is 0 Å². The molecule has 6 heteroatoms. The lowest BCUT2D eigenvalue weighted by molar-refractivity contribution is 0.102. The standard InChI is InChI=1S/C12H10BrN3O2/c1-16-7-9(6-10(13)12(16)18)15-11(17)8-2-4-14-5-3-8/h2-7H,1H3,(H,15,17). The Kier molecular flexibility index (Phi) is 3.57. The van der Waals surface area contributed by atoms with Gasteiger partial charge in [0.25, 0.3) is 11.5 Å². The number of carbonyl (C=O) groups is 1. The van der Waals surface area contributed by atoms with Gasteiger partial charge in [0.15, 0.2) is 0 Å². The fourth-order valence-corrected chi connectivity index (χ4v) is 1.97. The van der Waals surface area contributed by atoms with Crippen molar-refractivity contribution >= 4 is 27.5 Å². The fourth-order valence-electron chi connectivity index (χ4n) is 1.45. The van der Waals surface area contributed by atoms with E-state index >= 15 is 0 Å². The van der Waals surface area contributed by atoms with Gasteiger partial charge in [-0.05, 0) is 34.1 Å². The Labute approximate surface area is 112 Å². The van der Waals surface area contributed by atoms with E-state index < -0.39 is 0 Å². The van der Waals surface area contributed by atoms with Crippen molar-refractivity contribution in [1.82, 2.24) is 9.55 Å². The van der Waals surface area contributed by atoms with Gasteiger partial charge in [0.05, 0.1) is 10.2 Å². The van der Waals surface area contributed by atoms with Gasteiger partial charge < -0.3 is 9.88 Å². The number of aromatic nitrogens is 2. The maximum Gasteiger partial charge on any atom is 0.264 e. The van der Waals surface area contributed by atoms with Crippen LogP contribution in [0, 0.1) is 0 Å². The highest BCUT2D eigenvalue weighted by atomic mass is 79.9. The molecule has 0 spiro atoms. The molecule has 2 aromatic heterocycles. The van der Waals surface area contributed by atoms with Crippen LogP contribution >= 0.6 is 15.9 Å². The number of carbonyl (C=O) groups excluding carboxylic acids is 1. The molecular formula is C12H10BrN3O2. The predicted molar refractivity (Wildman–Crippen MR) is 71.6 cm³/mol. The van der Waals surface area contributed by atoms with Gasteiger partial charge in [-0.2, -0.15) is 0 Å². The third-order valence-electron chi connectivity index (χ3n) is 2.34. The van der Waals surface area contributed by atoms with E-state index in [1.807, 2.05) is 0 Å². The summed E-state index contributed by atoms with van der Waals surface area (Å²) < 4.78 is 1.80. The van der Waals surface area contributed by atoms with Gasteiger partial charge in [-0.25, -0.2) is 0 Å². The number of nitrogens with zero attached hydrogens (tertiary/aromatic N) is 2. The maximum atomic E-state index is 11.9. The smallest absolute Gasteiger partial charge is 0.264 e. The average molecular weight is 308 g/mol. The van der Waals surface area contributed by atoms with Crippen molar-refractivity contribution in [3.63, 3.8) is 0 Å². The molecule has 18 heavy (non-hydrogen) atoms. The Hall–Kier alpha value is -1.95. The first-order chi connectivity index (χ1) is 8.58. The zero-order valence-corrected chi connectivity index (χ0v) is 11.1. The van der Waals surface area contributed by atoms with Crippen molar-refractivity contribution in [3.8, 4) is 0 Å². The van der Waals surface area contributed by atoms with Crippen LogP contribution < -0.4 is 10.9 Å². The number of anilines is 1. The highest BCUT2D eigenvalue weighted by Crippen LogP contribution is 2.12. The first-order valence-electron chi connectivity index (χ1n) is 5.15. The molecule has 0 aliphatic heterocycles. The molecule has 92 valence electrons. The third-order valence-corrected chi connectivity index (χ3v) is 2.91. The topological polar surface area (TPSA) is 64.0 Å². The summed E-state index contributed by atoms with van der Waals surface area (Å²) in [5.74, 6) is -0.247. The quantitative estimate of drug-likeness (QED) is 0.920. The van der Waals surface area contributed by atoms with Gasteiger partial charge in [-0.3, -0.25) is 14.6 Å². The Bertz CT molecular complexity index is 611. The van der Waals surface area contributed by atoms with Crippen molar-refractivity contribution in [2.45, 2.75) is 0 Å². The van der Waals surface area contributed by atoms with E-state index in [4.69, 9.17) is 0 Å². The number of nitrogens with one attached hydrogen (secondary N) is 1. The van der Waals surface area contributed by atoms with E-state index in [9.17, 15) is 9.59 Å². The summed E-state index contributed by atoms with van der Waals surface area (Å²) in [6, 6.07) is 4.81. The zero-order chi connectivity index (χ0) is 13.1. The summed E-state index contributed by atoms with van der Waals surface area (Å²) in [4.78, 5) is 27.2. The van der Waals surface area contributed by atoms with Crippen LogP contribution in [0.2, 0.25) is 0 Å². The van der Waals surface area contributed by atoms with Crippen LogP contribution in [-0.4, -0.2) is 15.5 Å². The molecule has 0 aliphatic rings. The van der Waals surface area contributed by atoms with Crippen LogP contribution in [0.5, 0.6) is 0 Å². The minimum absolute atomic E-state index is 0.156. The fraction of sp³-hybridized carbons (Fsp3) is 0.0833. The lowest BCUT2D eigenvalue weighted by Gasteiger charge is -2.07. The van der Waals surface area contributed by atoms with E-state index in [0.29, 0.717) is 15.7 Å². The highest BCUT2D eigenvalue weighted by Gasteiger charge is 2.07. The van der Waals surface area contributed by atoms with Crippen molar-refractivity contribution in [1.29, 1.82) is 0 Å². The SMILES string of the molecule is Cn1cc(NC(=O)c2ccncc2)cc(Br)c1=O. The molecule has 5 nitrogen and oxygen atoms in total. The molecule has 0 bridgehead atoms. The van der Waals surface area contributed by atoms with Crippen molar-refractivity contribution in [3.05, 3.63) is 57.2 Å². The molecule has 0 saturated carbocycles. The molecule has 2 aromatic rings. The summed E-state index contributed by atoms with van der Waals surface area (Å²) >= 11 is 3.15. The summed E-state index contributed by atoms with van der Waals surface area (Å²) in [6.07, 6.45) is 4.66. The summed E-state index contributed by atoms with van der Waals surface area (Å²) in [6.45, 7) is 0. The largest absolute Gasteiger partial charge is 0.321 e. The van der Waals surface area contributed by atoms with Gasteiger partial charge in [-0.15, -0.1) is 0 Å². The second-order valence-electron chi connectivity index (χ2n) is 3.68. The molecule has 2 heterocycles. The average Bonchev–Trinajstić information content (AvgIpc) is 2.37. The Morgan fingerprint density at radius 1 is 1.39 bits per heavy atom. The number of hydrogen-bond donors (Lipinski definition) is 1. The Morgan fingerprint density at radius 3 is 2.67 bits per heavy atom. The van der Waals surface area contributed by atoms with Crippen LogP contribution in [0.15, 0.2) is 46.1 Å². The monoisotopic (exact) mass is 307 g/mol. The molecule has 1 N–H and O–H groups in total. The molecule has 0 aliphatic carbocycles. The van der Waals surface area contributed by atoms with Crippen LogP contribution in [0.25, 0.3) is 0 Å². The van der Waals surface area contributed by atoms with Gasteiger partial charge >= 0.3 is 0 Å². The first-order valence-corrected chi connectivity index (χ1v) is 5.95. The lowest BCUT2D eigenvalue weighted by atomic mass is 10.2. The Balaban J connectivity index is 2.25. The number of halogens is 1. The highest BCUT2D eigenvalue weighted by molar-refractivity contribution is 9.10. The van der Waals surface area contributed by atoms with Crippen molar-refractivity contribution in [2.75, 3.05) is 5.32 Å². The minimum atomic E-state index is -0.247. The molecule has 0 unspecified atom stereocenters. The van der Waals surface area contributed by atoms with Crippen molar-refractivity contribution < 1.29 is 4.79 Å². The normalized spacial score (nSPS) is 10.1. The number of aryl methyl sites for hydroxylation is 1. The second kappa shape index (κ2) is 5.14. The molecule has 2 rings (SSSR count). The molecule has 0 aromatic carbocycles. The number of pyridine rings is 2. The van der Waals surface area contributed by atoms with E-state index in [-0.39, 0.29) is 11.5 Å². The summed E-state index contributed by atoms with van der Waals surface area (Å²) in [7, 11) is 1.62. The van der Waals surface area contributed by atoms with E-state index in [2.05, 4.69) is 26.2 Å². The van der Waals surface area contributed by atoms with Crippen LogP contribution in [0.4, 0.5) is 5.69 Å². The summed E-state index contributed by atoms with van der Waals surface area (Å²) in [5, 5.41) is 2.71. The molecular weight excluding hydrogens is 298 g/mol. The first kappa shape index (κ1) is 12.5. The number of rotatable bonds is 2. The van der Waals surface area contributed by atoms with Crippen LogP contribution in [0.1, 0.15) is 10.4 Å². The second-order valence-corrected chi connectivity index (χ2v) is 4.54. The van der Waals surface area contributed by atoms with Crippen LogP contribution in [-0.2, 0) is 7.05 Å². The number of hydrogen-bond acceptors (Lipinski definition) is 3. The van der Waals surface area contributed by atoms with Gasteiger partial charge in [0, 0.05) is 31.2 Å². The van der Waals surface area contributed by atoms with E-state index in [1.165, 1.54) is 4.57 Å². The van der Waals surface area contributed by atoms with Gasteiger partial charge in [0.2, 0.25) is 0 Å². The number of amides is 1. The van der Waals surface area contributed by atoms with E-state index in [0.717, 1.165) is 0 Å². The molecule has 0 saturated heterocycles. The maximum absolute atomic E-state index is 11.9. The lowest BCUT2D eigenvalue weighted by Crippen LogP contribution is -2.19. The third kappa shape index (κ3) is 2.65. The van der Waals surface area contributed by atoms with Crippen LogP contribution in [0.3, 0.4) is 0 Å². The molecule has 0 radical (unpaired) electrons. The predicted octanol–water partition coefficient (Wildman–Crippen LogP) is 1.80. The molecule has 1 amide bonds. The molecule has 0 fully saturated rings. The van der Waals surface area contributed by atoms with Crippen molar-refractivity contribution in [2.24, 2.45) is 7.05 Å². The van der Waals surface area contributed by atoms with Gasteiger partial charge in [0.1, 0.15) is 0 Å². The summed E-state index contributed by atoms with van der Waals surface area (Å²) in [5.41, 5.74) is 0.901. The minimum Gasteiger partial charge on any atom is -0.321 e. The zero-order valence-electron chi connectivity index (χ0n) is 9.55.